The van der Waals surface area contributed by atoms with Gasteiger partial charge in [0.15, 0.2) is 0 Å². The minimum absolute atomic E-state index is 0.101. The number of hydrogen-bond acceptors (Lipinski definition) is 2. The Morgan fingerprint density at radius 3 is 2.25 bits per heavy atom. The third-order valence-electron chi connectivity index (χ3n) is 6.16. The average molecular weight is 380 g/mol. The van der Waals surface area contributed by atoms with Crippen LogP contribution in [0.3, 0.4) is 0 Å². The second kappa shape index (κ2) is 7.74. The maximum Gasteiger partial charge on any atom is 0.223 e. The number of benzene rings is 2. The summed E-state index contributed by atoms with van der Waals surface area (Å²) in [6.45, 7) is 1.34. The molecule has 2 heterocycles. The Kier molecular flexibility index (Phi) is 5.16. The molecule has 0 saturated carbocycles. The van der Waals surface area contributed by atoms with Crippen molar-refractivity contribution < 1.29 is 14.0 Å². The predicted octanol–water partition coefficient (Wildman–Crippen LogP) is 3.62. The van der Waals surface area contributed by atoms with Gasteiger partial charge in [-0.15, -0.1) is 0 Å². The van der Waals surface area contributed by atoms with Crippen LogP contribution in [0.4, 0.5) is 4.39 Å². The van der Waals surface area contributed by atoms with Crippen molar-refractivity contribution in [2.75, 3.05) is 13.1 Å². The summed E-state index contributed by atoms with van der Waals surface area (Å²) in [4.78, 5) is 26.6. The van der Waals surface area contributed by atoms with Crippen LogP contribution in [0.15, 0.2) is 54.6 Å². The molecule has 0 unspecified atom stereocenters. The van der Waals surface area contributed by atoms with Gasteiger partial charge in [0.2, 0.25) is 11.8 Å². The Labute approximate surface area is 164 Å². The number of halogens is 1. The summed E-state index contributed by atoms with van der Waals surface area (Å²) < 4.78 is 13.4. The lowest BCUT2D eigenvalue weighted by atomic mass is 9.85. The molecular weight excluding hydrogens is 355 g/mol. The molecule has 2 aliphatic heterocycles. The Balaban J connectivity index is 1.47. The number of likely N-dealkylation sites (tertiary alicyclic amines) is 1. The van der Waals surface area contributed by atoms with Gasteiger partial charge in [-0.25, -0.2) is 4.39 Å². The van der Waals surface area contributed by atoms with Crippen LogP contribution in [0, 0.1) is 5.82 Å². The summed E-state index contributed by atoms with van der Waals surface area (Å²) in [5.74, 6) is -0.143. The third-order valence-corrected chi connectivity index (χ3v) is 6.16. The van der Waals surface area contributed by atoms with Crippen LogP contribution in [0.5, 0.6) is 0 Å². The monoisotopic (exact) mass is 380 g/mol. The lowest BCUT2D eigenvalue weighted by Crippen LogP contribution is -2.52. The fourth-order valence-corrected chi connectivity index (χ4v) is 4.45. The van der Waals surface area contributed by atoms with E-state index >= 15 is 0 Å². The van der Waals surface area contributed by atoms with Crippen LogP contribution in [0.1, 0.15) is 49.1 Å². The van der Waals surface area contributed by atoms with Crippen LogP contribution in [0.2, 0.25) is 0 Å². The van der Waals surface area contributed by atoms with Gasteiger partial charge in [-0.2, -0.15) is 0 Å². The van der Waals surface area contributed by atoms with Gasteiger partial charge in [-0.05, 0) is 42.5 Å². The van der Waals surface area contributed by atoms with E-state index < -0.39 is 0 Å². The number of amides is 2. The topological polar surface area (TPSA) is 49.4 Å². The van der Waals surface area contributed by atoms with Crippen molar-refractivity contribution in [2.45, 2.75) is 43.6 Å². The molecule has 4 nitrogen and oxygen atoms in total. The van der Waals surface area contributed by atoms with Gasteiger partial charge in [0.1, 0.15) is 5.82 Å². The van der Waals surface area contributed by atoms with Crippen molar-refractivity contribution in [3.8, 4) is 0 Å². The molecule has 2 fully saturated rings. The first-order valence-corrected chi connectivity index (χ1v) is 9.94. The van der Waals surface area contributed by atoms with E-state index in [9.17, 15) is 14.0 Å². The molecule has 2 aromatic carbocycles. The van der Waals surface area contributed by atoms with E-state index in [1.807, 2.05) is 35.2 Å². The van der Waals surface area contributed by atoms with Crippen LogP contribution in [-0.4, -0.2) is 35.3 Å². The smallest absolute Gasteiger partial charge is 0.223 e. The first-order chi connectivity index (χ1) is 13.5. The number of nitrogens with zero attached hydrogens (tertiary/aromatic N) is 1. The van der Waals surface area contributed by atoms with Crippen LogP contribution in [0.25, 0.3) is 0 Å². The molecule has 0 aromatic heterocycles. The fraction of sp³-hybridized carbons (Fsp3) is 0.391. The summed E-state index contributed by atoms with van der Waals surface area (Å²) in [7, 11) is 0. The van der Waals surface area contributed by atoms with Gasteiger partial charge < -0.3 is 10.2 Å². The predicted molar refractivity (Wildman–Crippen MR) is 105 cm³/mol. The number of carbonyl (C=O) groups is 2. The minimum atomic E-state index is -0.276. The maximum atomic E-state index is 13.4. The Hall–Kier alpha value is -2.69. The van der Waals surface area contributed by atoms with E-state index in [0.29, 0.717) is 25.9 Å². The highest BCUT2D eigenvalue weighted by Crippen LogP contribution is 2.33. The molecule has 28 heavy (non-hydrogen) atoms. The summed E-state index contributed by atoms with van der Waals surface area (Å²) in [6.07, 6.45) is 3.45. The van der Waals surface area contributed by atoms with E-state index in [2.05, 4.69) is 5.32 Å². The summed E-state index contributed by atoms with van der Waals surface area (Å²) in [6, 6.07) is 16.3. The summed E-state index contributed by atoms with van der Waals surface area (Å²) in [5, 5.41) is 3.11. The average Bonchev–Trinajstić information content (AvgIpc) is 3.08. The first kappa shape index (κ1) is 18.7. The van der Waals surface area contributed by atoms with Crippen molar-refractivity contribution in [1.29, 1.82) is 0 Å². The normalized spacial score (nSPS) is 19.5. The van der Waals surface area contributed by atoms with Crippen molar-refractivity contribution in [3.63, 3.8) is 0 Å². The molecule has 1 atom stereocenters. The first-order valence-electron chi connectivity index (χ1n) is 9.94. The standard InChI is InChI=1S/C23H25FN2O2/c24-19-8-6-18(7-9-19)20(17-4-2-1-3-5-17)16-22(28)26-14-12-23(13-15-26)11-10-21(27)25-23/h1-9,20H,10-16H2,(H,25,27)/t20-/m1/s1. The highest BCUT2D eigenvalue weighted by Gasteiger charge is 2.41. The molecule has 2 saturated heterocycles. The zero-order valence-electron chi connectivity index (χ0n) is 15.9. The Bertz CT molecular complexity index is 843. The highest BCUT2D eigenvalue weighted by molar-refractivity contribution is 5.80. The van der Waals surface area contributed by atoms with Gasteiger partial charge in [-0.3, -0.25) is 9.59 Å². The Morgan fingerprint density at radius 2 is 1.64 bits per heavy atom. The molecule has 2 aliphatic rings. The molecule has 1 spiro atoms. The van der Waals surface area contributed by atoms with Crippen molar-refractivity contribution in [1.82, 2.24) is 10.2 Å². The molecule has 2 aromatic rings. The highest BCUT2D eigenvalue weighted by atomic mass is 19.1. The lowest BCUT2D eigenvalue weighted by Gasteiger charge is -2.39. The number of hydrogen-bond donors (Lipinski definition) is 1. The van der Waals surface area contributed by atoms with E-state index in [4.69, 9.17) is 0 Å². The molecule has 0 bridgehead atoms. The van der Waals surface area contributed by atoms with E-state index in [1.165, 1.54) is 12.1 Å². The van der Waals surface area contributed by atoms with Crippen LogP contribution in [-0.2, 0) is 9.59 Å². The van der Waals surface area contributed by atoms with E-state index in [-0.39, 0.29) is 29.1 Å². The SMILES string of the molecule is O=C1CCC2(CCN(C(=O)C[C@H](c3ccccc3)c3ccc(F)cc3)CC2)N1. The molecule has 146 valence electrons. The second-order valence-corrected chi connectivity index (χ2v) is 7.93. The molecule has 0 aliphatic carbocycles. The van der Waals surface area contributed by atoms with Gasteiger partial charge in [0, 0.05) is 37.4 Å². The lowest BCUT2D eigenvalue weighted by molar-refractivity contribution is -0.133. The summed E-state index contributed by atoms with van der Waals surface area (Å²) >= 11 is 0. The molecule has 1 N–H and O–H groups in total. The van der Waals surface area contributed by atoms with Gasteiger partial charge >= 0.3 is 0 Å². The van der Waals surface area contributed by atoms with Gasteiger partial charge in [0.25, 0.3) is 0 Å². The zero-order chi connectivity index (χ0) is 19.6. The third kappa shape index (κ3) is 3.93. The summed E-state index contributed by atoms with van der Waals surface area (Å²) in [5.41, 5.74) is 1.89. The molecular formula is C23H25FN2O2. The molecule has 2 amide bonds. The quantitative estimate of drug-likeness (QED) is 0.881. The zero-order valence-corrected chi connectivity index (χ0v) is 15.9. The van der Waals surface area contributed by atoms with E-state index in [0.717, 1.165) is 30.4 Å². The van der Waals surface area contributed by atoms with Crippen LogP contribution >= 0.6 is 0 Å². The maximum absolute atomic E-state index is 13.4. The molecule has 5 heteroatoms. The van der Waals surface area contributed by atoms with Crippen molar-refractivity contribution in [2.24, 2.45) is 0 Å². The largest absolute Gasteiger partial charge is 0.351 e. The number of piperidine rings is 1. The molecule has 4 rings (SSSR count). The van der Waals surface area contributed by atoms with Gasteiger partial charge in [0.05, 0.1) is 0 Å². The fourth-order valence-electron chi connectivity index (χ4n) is 4.45. The number of nitrogens with one attached hydrogen (secondary N) is 1. The Morgan fingerprint density at radius 1 is 1.00 bits per heavy atom. The number of carbonyl (C=O) groups excluding carboxylic acids is 2. The van der Waals surface area contributed by atoms with Crippen molar-refractivity contribution >= 4 is 11.8 Å². The second-order valence-electron chi connectivity index (χ2n) is 7.93. The van der Waals surface area contributed by atoms with E-state index in [1.54, 1.807) is 12.1 Å². The van der Waals surface area contributed by atoms with Gasteiger partial charge in [-0.1, -0.05) is 42.5 Å². The molecule has 0 radical (unpaired) electrons. The number of rotatable bonds is 4. The minimum Gasteiger partial charge on any atom is -0.351 e. The van der Waals surface area contributed by atoms with Crippen LogP contribution < -0.4 is 5.32 Å². The van der Waals surface area contributed by atoms with Crippen molar-refractivity contribution in [3.05, 3.63) is 71.5 Å².